The molecular weight excluding hydrogens is 456 g/mol. The Morgan fingerprint density at radius 3 is 2.31 bits per heavy atom. The van der Waals surface area contributed by atoms with Crippen LogP contribution in [-0.2, 0) is 19.2 Å². The molecule has 4 fully saturated rings. The normalized spacial score (nSPS) is 33.7. The number of amides is 3. The summed E-state index contributed by atoms with van der Waals surface area (Å²) in [5.74, 6) is -0.389. The van der Waals surface area contributed by atoms with E-state index in [-0.39, 0.29) is 60.1 Å². The number of carbonyl (C=O) groups is 4. The Kier molecular flexibility index (Phi) is 4.56. The fourth-order valence-corrected chi connectivity index (χ4v) is 7.06. The summed E-state index contributed by atoms with van der Waals surface area (Å²) in [7, 11) is 0. The number of hydrogen-bond donors (Lipinski definition) is 0. The third-order valence-corrected chi connectivity index (χ3v) is 8.82. The lowest BCUT2D eigenvalue weighted by molar-refractivity contribution is -0.139. The first-order valence-corrected chi connectivity index (χ1v) is 12.7. The monoisotopic (exact) mass is 482 g/mol. The summed E-state index contributed by atoms with van der Waals surface area (Å²) in [6.45, 7) is 2.19. The van der Waals surface area contributed by atoms with E-state index in [1.54, 1.807) is 29.2 Å². The van der Waals surface area contributed by atoms with E-state index in [1.165, 1.54) is 4.90 Å². The quantitative estimate of drug-likeness (QED) is 0.288. The smallest absolute Gasteiger partial charge is 0.316 e. The second-order valence-electron chi connectivity index (χ2n) is 10.8. The van der Waals surface area contributed by atoms with Gasteiger partial charge in [-0.05, 0) is 60.8 Å². The van der Waals surface area contributed by atoms with E-state index in [1.807, 2.05) is 31.2 Å². The topological polar surface area (TPSA) is 84.0 Å². The Morgan fingerprint density at radius 1 is 0.917 bits per heavy atom. The van der Waals surface area contributed by atoms with Crippen LogP contribution in [0.1, 0.15) is 18.4 Å². The average Bonchev–Trinajstić information content (AvgIpc) is 3.55. The van der Waals surface area contributed by atoms with Gasteiger partial charge in [-0.15, -0.1) is 0 Å². The lowest BCUT2D eigenvalue weighted by Crippen LogP contribution is -2.40. The molecule has 6 aliphatic rings. The fraction of sp³-hybridized carbons (Fsp3) is 0.379. The predicted octanol–water partition coefficient (Wildman–Crippen LogP) is 3.51. The van der Waals surface area contributed by atoms with Crippen LogP contribution in [-0.4, -0.2) is 30.2 Å². The number of ether oxygens (including phenoxy) is 1. The summed E-state index contributed by atoms with van der Waals surface area (Å²) >= 11 is 0. The Balaban J connectivity index is 1.08. The van der Waals surface area contributed by atoms with Crippen LogP contribution in [0.3, 0.4) is 0 Å². The molecule has 7 nitrogen and oxygen atoms in total. The number of carbonyl (C=O) groups excluding carboxylic acids is 4. The Bertz CT molecular complexity index is 1330. The minimum absolute atomic E-state index is 0.0808. The minimum Gasteiger partial charge on any atom is -0.426 e. The Morgan fingerprint density at radius 2 is 1.61 bits per heavy atom. The second-order valence-corrected chi connectivity index (χ2v) is 10.8. The number of esters is 1. The van der Waals surface area contributed by atoms with Crippen LogP contribution in [0.5, 0.6) is 5.75 Å². The van der Waals surface area contributed by atoms with E-state index in [2.05, 4.69) is 12.2 Å². The molecule has 0 spiro atoms. The fourth-order valence-electron chi connectivity index (χ4n) is 7.06. The van der Waals surface area contributed by atoms with Gasteiger partial charge >= 0.3 is 5.97 Å². The minimum atomic E-state index is -0.591. The van der Waals surface area contributed by atoms with Crippen LogP contribution in [0, 0.1) is 48.3 Å². The van der Waals surface area contributed by atoms with Gasteiger partial charge in [0, 0.05) is 24.7 Å². The molecule has 7 heteroatoms. The average molecular weight is 483 g/mol. The second kappa shape index (κ2) is 7.63. The summed E-state index contributed by atoms with van der Waals surface area (Å²) in [5.41, 5.74) is 2.20. The number of imide groups is 1. The summed E-state index contributed by atoms with van der Waals surface area (Å²) in [6.07, 6.45) is 5.50. The van der Waals surface area contributed by atoms with Gasteiger partial charge in [-0.25, -0.2) is 4.90 Å². The van der Waals surface area contributed by atoms with Crippen molar-refractivity contribution in [2.24, 2.45) is 41.4 Å². The molecule has 2 aromatic carbocycles. The molecule has 2 aliphatic heterocycles. The molecule has 2 heterocycles. The first-order chi connectivity index (χ1) is 17.4. The highest BCUT2D eigenvalue weighted by atomic mass is 16.5. The van der Waals surface area contributed by atoms with Gasteiger partial charge in [-0.2, -0.15) is 0 Å². The molecule has 36 heavy (non-hydrogen) atoms. The number of rotatable bonds is 4. The zero-order valence-corrected chi connectivity index (χ0v) is 19.9. The molecule has 2 aromatic rings. The highest BCUT2D eigenvalue weighted by Gasteiger charge is 2.67. The van der Waals surface area contributed by atoms with Crippen molar-refractivity contribution >= 4 is 35.1 Å². The molecule has 182 valence electrons. The number of para-hydroxylation sites is 1. The largest absolute Gasteiger partial charge is 0.426 e. The molecule has 3 amide bonds. The van der Waals surface area contributed by atoms with Gasteiger partial charge in [0.1, 0.15) is 5.75 Å². The van der Waals surface area contributed by atoms with E-state index in [0.29, 0.717) is 17.5 Å². The zero-order chi connectivity index (χ0) is 24.7. The third-order valence-electron chi connectivity index (χ3n) is 8.82. The van der Waals surface area contributed by atoms with Gasteiger partial charge in [0.05, 0.1) is 23.4 Å². The van der Waals surface area contributed by atoms with Gasteiger partial charge in [0.2, 0.25) is 17.7 Å². The number of hydrogen-bond acceptors (Lipinski definition) is 5. The van der Waals surface area contributed by atoms with Crippen LogP contribution in [0.4, 0.5) is 11.4 Å². The van der Waals surface area contributed by atoms with Gasteiger partial charge in [-0.1, -0.05) is 36.4 Å². The van der Waals surface area contributed by atoms with Gasteiger partial charge in [0.25, 0.3) is 0 Å². The predicted molar refractivity (Wildman–Crippen MR) is 131 cm³/mol. The van der Waals surface area contributed by atoms with Crippen molar-refractivity contribution in [2.45, 2.75) is 19.8 Å². The van der Waals surface area contributed by atoms with Gasteiger partial charge in [0.15, 0.2) is 0 Å². The van der Waals surface area contributed by atoms with Crippen molar-refractivity contribution in [1.29, 1.82) is 0 Å². The lowest BCUT2D eigenvalue weighted by atomic mass is 9.63. The number of allylic oxidation sites excluding steroid dienone is 2. The van der Waals surface area contributed by atoms with Crippen LogP contribution in [0.25, 0.3) is 0 Å². The van der Waals surface area contributed by atoms with Crippen molar-refractivity contribution in [3.05, 3.63) is 66.2 Å². The maximum Gasteiger partial charge on any atom is 0.316 e. The first kappa shape index (κ1) is 21.5. The number of aryl methyl sites for hydroxylation is 1. The molecule has 0 unspecified atom stereocenters. The molecule has 2 bridgehead atoms. The summed E-state index contributed by atoms with van der Waals surface area (Å²) in [6, 6.07) is 14.2. The summed E-state index contributed by atoms with van der Waals surface area (Å²) in [4.78, 5) is 55.3. The van der Waals surface area contributed by atoms with Crippen molar-refractivity contribution in [3.63, 3.8) is 0 Å². The molecule has 0 N–H and O–H groups in total. The number of anilines is 2. The first-order valence-electron chi connectivity index (χ1n) is 12.7. The highest BCUT2D eigenvalue weighted by Crippen LogP contribution is 2.65. The Labute approximate surface area is 208 Å². The molecular formula is C29H26N2O5. The maximum atomic E-state index is 13.4. The van der Waals surface area contributed by atoms with E-state index >= 15 is 0 Å². The lowest BCUT2D eigenvalue weighted by Gasteiger charge is -2.37. The summed E-state index contributed by atoms with van der Waals surface area (Å²) < 4.78 is 5.65. The van der Waals surface area contributed by atoms with Crippen molar-refractivity contribution in [1.82, 2.24) is 0 Å². The number of nitrogens with zero attached hydrogens (tertiary/aromatic N) is 2. The van der Waals surface area contributed by atoms with E-state index in [4.69, 9.17) is 4.74 Å². The molecule has 8 rings (SSSR count). The standard InChI is InChI=1S/C29H26N2O5/c1-15-5-2-3-8-23(15)30-14-16(11-24(30)32)29(35)36-18-7-4-6-17(12-18)31-27(33)25-19-9-10-20(22-13-21(19)22)26(25)28(31)34/h2-10,12,16,19-22,25-26H,11,13-14H2,1H3/t16-,19+,20+,21+,22+,25-,26-/m1/s1. The number of benzene rings is 2. The zero-order valence-electron chi connectivity index (χ0n) is 19.9. The molecule has 0 radical (unpaired) electrons. The third kappa shape index (κ3) is 3.04. The summed E-state index contributed by atoms with van der Waals surface area (Å²) in [5, 5.41) is 0. The van der Waals surface area contributed by atoms with Gasteiger partial charge < -0.3 is 9.64 Å². The van der Waals surface area contributed by atoms with Crippen molar-refractivity contribution < 1.29 is 23.9 Å². The molecule has 7 atom stereocenters. The van der Waals surface area contributed by atoms with Crippen LogP contribution >= 0.6 is 0 Å². The van der Waals surface area contributed by atoms with E-state index in [0.717, 1.165) is 17.7 Å². The molecule has 2 saturated heterocycles. The van der Waals surface area contributed by atoms with Gasteiger partial charge in [-0.3, -0.25) is 19.2 Å². The van der Waals surface area contributed by atoms with Crippen LogP contribution < -0.4 is 14.5 Å². The molecule has 0 aromatic heterocycles. The van der Waals surface area contributed by atoms with E-state index < -0.39 is 11.9 Å². The van der Waals surface area contributed by atoms with Crippen LogP contribution in [0.2, 0.25) is 0 Å². The SMILES string of the molecule is Cc1ccccc1N1C[C@H](C(=O)Oc2cccc(N3C(=O)[C@@H]4[C@H]5C=C[C@@H]([C@@H]6C[C@@H]56)[C@H]4C3=O)c2)CC1=O. The maximum absolute atomic E-state index is 13.4. The Hall–Kier alpha value is -3.74. The van der Waals surface area contributed by atoms with Crippen molar-refractivity contribution in [3.8, 4) is 5.75 Å². The van der Waals surface area contributed by atoms with E-state index in [9.17, 15) is 19.2 Å². The molecule has 4 aliphatic carbocycles. The van der Waals surface area contributed by atoms with Crippen LogP contribution in [0.15, 0.2) is 60.7 Å². The highest BCUT2D eigenvalue weighted by molar-refractivity contribution is 6.22. The molecule has 2 saturated carbocycles. The van der Waals surface area contributed by atoms with Crippen molar-refractivity contribution in [2.75, 3.05) is 16.3 Å².